The summed E-state index contributed by atoms with van der Waals surface area (Å²) < 4.78 is 0. The zero-order valence-electron chi connectivity index (χ0n) is 20.2. The van der Waals surface area contributed by atoms with Gasteiger partial charge in [-0.3, -0.25) is 14.4 Å². The minimum Gasteiger partial charge on any atom is -0.508 e. The highest BCUT2D eigenvalue weighted by Crippen LogP contribution is 2.13. The Morgan fingerprint density at radius 1 is 0.838 bits per heavy atom. The van der Waals surface area contributed by atoms with E-state index in [1.807, 2.05) is 0 Å². The Morgan fingerprint density at radius 3 is 1.95 bits per heavy atom. The van der Waals surface area contributed by atoms with E-state index in [-0.39, 0.29) is 24.5 Å². The number of rotatable bonds is 12. The number of benzene rings is 2. The fourth-order valence-corrected chi connectivity index (χ4v) is 4.05. The van der Waals surface area contributed by atoms with Crippen molar-refractivity contribution < 1.29 is 34.5 Å². The molecule has 3 rings (SSSR count). The van der Waals surface area contributed by atoms with Crippen LogP contribution < -0.4 is 21.3 Å². The molecule has 4 unspecified atom stereocenters. The van der Waals surface area contributed by atoms with Crippen molar-refractivity contribution in [2.75, 3.05) is 13.2 Å². The lowest BCUT2D eigenvalue weighted by Gasteiger charge is -2.25. The molecule has 198 valence electrons. The molecular formula is C26H32N4O7. The van der Waals surface area contributed by atoms with Crippen LogP contribution in [0.4, 0.5) is 0 Å². The van der Waals surface area contributed by atoms with E-state index in [1.54, 1.807) is 42.5 Å². The Bertz CT molecular complexity index is 1070. The second-order valence-corrected chi connectivity index (χ2v) is 8.91. The van der Waals surface area contributed by atoms with Crippen molar-refractivity contribution >= 4 is 23.7 Å². The lowest BCUT2D eigenvalue weighted by molar-refractivity contribution is -0.143. The van der Waals surface area contributed by atoms with Gasteiger partial charge in [-0.1, -0.05) is 42.5 Å². The van der Waals surface area contributed by atoms with Gasteiger partial charge in [-0.25, -0.2) is 4.79 Å². The average molecular weight is 513 g/mol. The highest BCUT2D eigenvalue weighted by atomic mass is 16.4. The van der Waals surface area contributed by atoms with Crippen LogP contribution in [0.15, 0.2) is 54.6 Å². The number of aromatic hydroxyl groups is 1. The van der Waals surface area contributed by atoms with Crippen LogP contribution in [0.1, 0.15) is 24.0 Å². The van der Waals surface area contributed by atoms with Crippen molar-refractivity contribution in [1.29, 1.82) is 0 Å². The Labute approximate surface area is 214 Å². The van der Waals surface area contributed by atoms with Gasteiger partial charge in [0.1, 0.15) is 23.9 Å². The number of phenolic OH excluding ortho intramolecular Hbond substituents is 1. The smallest absolute Gasteiger partial charge is 0.328 e. The van der Waals surface area contributed by atoms with Crippen molar-refractivity contribution in [2.24, 2.45) is 0 Å². The Morgan fingerprint density at radius 2 is 1.41 bits per heavy atom. The van der Waals surface area contributed by atoms with Gasteiger partial charge in [0.05, 0.1) is 12.6 Å². The van der Waals surface area contributed by atoms with Gasteiger partial charge in [0, 0.05) is 12.8 Å². The molecular weight excluding hydrogens is 480 g/mol. The van der Waals surface area contributed by atoms with E-state index in [0.29, 0.717) is 24.1 Å². The number of carbonyl (C=O) groups excluding carboxylic acids is 3. The SMILES string of the molecule is O=C(O)C(CO)NC(=O)C(Cc1ccccc1)NC(=O)C(Cc1ccc(O)cc1)NC(=O)C1CCCN1. The molecule has 1 fully saturated rings. The number of nitrogens with one attached hydrogen (secondary N) is 4. The molecule has 4 atom stereocenters. The molecule has 0 aliphatic carbocycles. The third-order valence-electron chi connectivity index (χ3n) is 6.10. The van der Waals surface area contributed by atoms with Crippen LogP contribution in [-0.4, -0.2) is 76.3 Å². The molecule has 0 bridgehead atoms. The second kappa shape index (κ2) is 13.4. The van der Waals surface area contributed by atoms with Gasteiger partial charge < -0.3 is 36.6 Å². The molecule has 0 spiro atoms. The van der Waals surface area contributed by atoms with Crippen molar-refractivity contribution in [1.82, 2.24) is 21.3 Å². The van der Waals surface area contributed by atoms with E-state index < -0.39 is 48.6 Å². The molecule has 11 heteroatoms. The molecule has 0 saturated carbocycles. The van der Waals surface area contributed by atoms with Gasteiger partial charge in [-0.15, -0.1) is 0 Å². The van der Waals surface area contributed by atoms with Crippen LogP contribution in [0.5, 0.6) is 5.75 Å². The zero-order valence-corrected chi connectivity index (χ0v) is 20.2. The molecule has 0 radical (unpaired) electrons. The van der Waals surface area contributed by atoms with Gasteiger partial charge >= 0.3 is 5.97 Å². The van der Waals surface area contributed by atoms with Gasteiger partial charge in [-0.2, -0.15) is 0 Å². The number of amides is 3. The van der Waals surface area contributed by atoms with Crippen LogP contribution in [-0.2, 0) is 32.0 Å². The summed E-state index contributed by atoms with van der Waals surface area (Å²) >= 11 is 0. The molecule has 1 saturated heterocycles. The number of aliphatic hydroxyl groups is 1. The fourth-order valence-electron chi connectivity index (χ4n) is 4.05. The first-order valence-electron chi connectivity index (χ1n) is 12.1. The predicted octanol–water partition coefficient (Wildman–Crippen LogP) is -0.539. The number of carbonyl (C=O) groups is 4. The van der Waals surface area contributed by atoms with E-state index in [2.05, 4.69) is 21.3 Å². The topological polar surface area (TPSA) is 177 Å². The summed E-state index contributed by atoms with van der Waals surface area (Å²) in [5, 5.41) is 38.9. The molecule has 2 aromatic rings. The van der Waals surface area contributed by atoms with Gasteiger partial charge in [0.25, 0.3) is 0 Å². The van der Waals surface area contributed by atoms with Gasteiger partial charge in [-0.05, 0) is 42.6 Å². The summed E-state index contributed by atoms with van der Waals surface area (Å²) in [4.78, 5) is 50.5. The highest BCUT2D eigenvalue weighted by molar-refractivity contribution is 5.94. The van der Waals surface area contributed by atoms with Crippen LogP contribution in [0.2, 0.25) is 0 Å². The fraction of sp³-hybridized carbons (Fsp3) is 0.385. The third kappa shape index (κ3) is 8.29. The molecule has 37 heavy (non-hydrogen) atoms. The van der Waals surface area contributed by atoms with E-state index in [1.165, 1.54) is 12.1 Å². The summed E-state index contributed by atoms with van der Waals surface area (Å²) in [5.74, 6) is -3.12. The molecule has 0 aromatic heterocycles. The summed E-state index contributed by atoms with van der Waals surface area (Å²) in [7, 11) is 0. The Kier molecular flexibility index (Phi) is 9.99. The normalized spacial score (nSPS) is 17.3. The second-order valence-electron chi connectivity index (χ2n) is 8.91. The number of aliphatic carboxylic acids is 1. The number of phenols is 1. The number of aliphatic hydroxyl groups excluding tert-OH is 1. The molecule has 1 heterocycles. The Balaban J connectivity index is 1.81. The van der Waals surface area contributed by atoms with Crippen LogP contribution >= 0.6 is 0 Å². The molecule has 1 aliphatic heterocycles. The standard InChI is InChI=1S/C26H32N4O7/c31-15-22(26(36)37)30-25(35)20(13-16-5-2-1-3-6-16)29-24(34)21(14-17-8-10-18(32)11-9-17)28-23(33)19-7-4-12-27-19/h1-3,5-6,8-11,19-22,27,31-32H,4,7,12-15H2,(H,28,33)(H,29,34)(H,30,35)(H,36,37). The van der Waals surface area contributed by atoms with Gasteiger partial charge in [0.15, 0.2) is 0 Å². The predicted molar refractivity (Wildman–Crippen MR) is 133 cm³/mol. The monoisotopic (exact) mass is 512 g/mol. The van der Waals surface area contributed by atoms with Crippen molar-refractivity contribution in [3.63, 3.8) is 0 Å². The van der Waals surface area contributed by atoms with E-state index >= 15 is 0 Å². The number of hydrogen-bond acceptors (Lipinski definition) is 7. The van der Waals surface area contributed by atoms with E-state index in [0.717, 1.165) is 6.42 Å². The summed E-state index contributed by atoms with van der Waals surface area (Å²) in [6, 6.07) is 10.9. The van der Waals surface area contributed by atoms with Crippen LogP contribution in [0, 0.1) is 0 Å². The molecule has 1 aliphatic rings. The number of hydrogen-bond donors (Lipinski definition) is 7. The number of carboxylic acid groups (broad SMARTS) is 1. The highest BCUT2D eigenvalue weighted by Gasteiger charge is 2.31. The maximum absolute atomic E-state index is 13.4. The molecule has 11 nitrogen and oxygen atoms in total. The third-order valence-corrected chi connectivity index (χ3v) is 6.10. The summed E-state index contributed by atoms with van der Waals surface area (Å²) in [6.07, 6.45) is 1.62. The Hall–Kier alpha value is -3.96. The first-order valence-corrected chi connectivity index (χ1v) is 12.1. The van der Waals surface area contributed by atoms with Crippen LogP contribution in [0.25, 0.3) is 0 Å². The summed E-state index contributed by atoms with van der Waals surface area (Å²) in [5.41, 5.74) is 1.39. The first kappa shape index (κ1) is 27.6. The summed E-state index contributed by atoms with van der Waals surface area (Å²) in [6.45, 7) is -0.122. The minimum atomic E-state index is -1.54. The zero-order chi connectivity index (χ0) is 26.8. The molecule has 2 aromatic carbocycles. The molecule has 7 N–H and O–H groups in total. The maximum Gasteiger partial charge on any atom is 0.328 e. The molecule has 3 amide bonds. The van der Waals surface area contributed by atoms with E-state index in [9.17, 15) is 34.5 Å². The van der Waals surface area contributed by atoms with Crippen molar-refractivity contribution in [2.45, 2.75) is 49.9 Å². The minimum absolute atomic E-state index is 0.0558. The lowest BCUT2D eigenvalue weighted by atomic mass is 10.0. The quantitative estimate of drug-likeness (QED) is 0.198. The lowest BCUT2D eigenvalue weighted by Crippen LogP contribution is -2.58. The maximum atomic E-state index is 13.4. The van der Waals surface area contributed by atoms with E-state index in [4.69, 9.17) is 0 Å². The van der Waals surface area contributed by atoms with Crippen molar-refractivity contribution in [3.05, 3.63) is 65.7 Å². The average Bonchev–Trinajstić information content (AvgIpc) is 3.43. The first-order chi connectivity index (χ1) is 17.8. The van der Waals surface area contributed by atoms with Crippen LogP contribution in [0.3, 0.4) is 0 Å². The van der Waals surface area contributed by atoms with Gasteiger partial charge in [0.2, 0.25) is 17.7 Å². The van der Waals surface area contributed by atoms with Crippen molar-refractivity contribution in [3.8, 4) is 5.75 Å². The number of carboxylic acids is 1. The largest absolute Gasteiger partial charge is 0.508 e.